The number of anilines is 1. The van der Waals surface area contributed by atoms with Crippen LogP contribution < -0.4 is 10.6 Å². The van der Waals surface area contributed by atoms with Crippen molar-refractivity contribution in [2.45, 2.75) is 39.0 Å². The monoisotopic (exact) mass is 279 g/mol. The van der Waals surface area contributed by atoms with Gasteiger partial charge in [0.05, 0.1) is 11.8 Å². The number of carbonyl (C=O) groups is 1. The molecule has 1 fully saturated rings. The van der Waals surface area contributed by atoms with Crippen molar-refractivity contribution in [1.82, 2.24) is 10.3 Å². The van der Waals surface area contributed by atoms with Crippen LogP contribution in [0.25, 0.3) is 0 Å². The SMILES string of the molecule is CCNc1ncc(F)cc1C(=O)NCC1CCCCC1. The van der Waals surface area contributed by atoms with Gasteiger partial charge in [-0.25, -0.2) is 9.37 Å². The Labute approximate surface area is 119 Å². The summed E-state index contributed by atoms with van der Waals surface area (Å²) in [6, 6.07) is 1.24. The van der Waals surface area contributed by atoms with Crippen LogP contribution in [0.1, 0.15) is 49.4 Å². The second-order valence-electron chi connectivity index (χ2n) is 5.29. The standard InChI is InChI=1S/C15H22FN3O/c1-2-17-14-13(8-12(16)10-18-14)15(20)19-9-11-6-4-3-5-7-11/h8,10-11H,2-7,9H2,1H3,(H,17,18)(H,19,20). The summed E-state index contributed by atoms with van der Waals surface area (Å²) in [7, 11) is 0. The second kappa shape index (κ2) is 7.22. The van der Waals surface area contributed by atoms with Crippen molar-refractivity contribution in [2.75, 3.05) is 18.4 Å². The van der Waals surface area contributed by atoms with Crippen molar-refractivity contribution in [3.8, 4) is 0 Å². The Balaban J connectivity index is 1.98. The number of rotatable bonds is 5. The van der Waals surface area contributed by atoms with E-state index in [1.165, 1.54) is 38.2 Å². The Hall–Kier alpha value is -1.65. The van der Waals surface area contributed by atoms with E-state index >= 15 is 0 Å². The van der Waals surface area contributed by atoms with Gasteiger partial charge in [-0.2, -0.15) is 0 Å². The number of amides is 1. The molecule has 1 aliphatic carbocycles. The molecule has 1 saturated carbocycles. The van der Waals surface area contributed by atoms with Gasteiger partial charge in [0, 0.05) is 13.1 Å². The normalized spacial score (nSPS) is 15.9. The van der Waals surface area contributed by atoms with Gasteiger partial charge in [0.1, 0.15) is 11.6 Å². The average Bonchev–Trinajstić information content (AvgIpc) is 2.48. The molecule has 5 heteroatoms. The van der Waals surface area contributed by atoms with Crippen LogP contribution in [0.15, 0.2) is 12.3 Å². The molecule has 0 radical (unpaired) electrons. The van der Waals surface area contributed by atoms with Crippen molar-refractivity contribution < 1.29 is 9.18 Å². The van der Waals surface area contributed by atoms with Crippen molar-refractivity contribution in [3.63, 3.8) is 0 Å². The van der Waals surface area contributed by atoms with E-state index in [0.717, 1.165) is 6.20 Å². The van der Waals surface area contributed by atoms with E-state index in [1.807, 2.05) is 6.92 Å². The highest BCUT2D eigenvalue weighted by atomic mass is 19.1. The fraction of sp³-hybridized carbons (Fsp3) is 0.600. The molecule has 0 atom stereocenters. The maximum absolute atomic E-state index is 13.3. The van der Waals surface area contributed by atoms with Crippen LogP contribution in [0.4, 0.5) is 10.2 Å². The highest BCUT2D eigenvalue weighted by Gasteiger charge is 2.17. The maximum atomic E-state index is 13.3. The molecule has 20 heavy (non-hydrogen) atoms. The lowest BCUT2D eigenvalue weighted by molar-refractivity contribution is 0.0943. The molecule has 2 N–H and O–H groups in total. The summed E-state index contributed by atoms with van der Waals surface area (Å²) in [5.41, 5.74) is 0.280. The van der Waals surface area contributed by atoms with E-state index in [0.29, 0.717) is 24.8 Å². The van der Waals surface area contributed by atoms with Gasteiger partial charge in [-0.1, -0.05) is 19.3 Å². The van der Waals surface area contributed by atoms with Crippen LogP contribution in [-0.2, 0) is 0 Å². The van der Waals surface area contributed by atoms with E-state index in [4.69, 9.17) is 0 Å². The minimum absolute atomic E-state index is 0.251. The highest BCUT2D eigenvalue weighted by molar-refractivity contribution is 5.98. The minimum atomic E-state index is -0.491. The summed E-state index contributed by atoms with van der Waals surface area (Å²) in [6.07, 6.45) is 7.23. The van der Waals surface area contributed by atoms with Crippen LogP contribution in [0.5, 0.6) is 0 Å². The molecule has 1 aromatic rings. The summed E-state index contributed by atoms with van der Waals surface area (Å²) >= 11 is 0. The van der Waals surface area contributed by atoms with Gasteiger partial charge in [0.2, 0.25) is 0 Å². The number of carbonyl (C=O) groups excluding carboxylic acids is 1. The van der Waals surface area contributed by atoms with Crippen LogP contribution >= 0.6 is 0 Å². The zero-order valence-electron chi connectivity index (χ0n) is 11.9. The summed E-state index contributed by atoms with van der Waals surface area (Å²) < 4.78 is 13.3. The van der Waals surface area contributed by atoms with Crippen molar-refractivity contribution in [2.24, 2.45) is 5.92 Å². The molecule has 4 nitrogen and oxygen atoms in total. The second-order valence-corrected chi connectivity index (χ2v) is 5.29. The molecule has 1 heterocycles. The summed E-state index contributed by atoms with van der Waals surface area (Å²) in [5, 5.41) is 5.89. The zero-order valence-corrected chi connectivity index (χ0v) is 11.9. The molecular weight excluding hydrogens is 257 g/mol. The van der Waals surface area contributed by atoms with Crippen LogP contribution in [0.2, 0.25) is 0 Å². The van der Waals surface area contributed by atoms with Gasteiger partial charge in [0.15, 0.2) is 0 Å². The van der Waals surface area contributed by atoms with Gasteiger partial charge < -0.3 is 10.6 Å². The minimum Gasteiger partial charge on any atom is -0.370 e. The lowest BCUT2D eigenvalue weighted by Crippen LogP contribution is -2.31. The Morgan fingerprint density at radius 2 is 2.15 bits per heavy atom. The van der Waals surface area contributed by atoms with E-state index in [1.54, 1.807) is 0 Å². The van der Waals surface area contributed by atoms with Gasteiger partial charge in [-0.05, 0) is 31.7 Å². The molecule has 0 spiro atoms. The average molecular weight is 279 g/mol. The lowest BCUT2D eigenvalue weighted by atomic mass is 9.89. The van der Waals surface area contributed by atoms with Crippen molar-refractivity contribution >= 4 is 11.7 Å². The highest BCUT2D eigenvalue weighted by Crippen LogP contribution is 2.23. The van der Waals surface area contributed by atoms with Gasteiger partial charge in [-0.3, -0.25) is 4.79 Å². The molecule has 0 aliphatic heterocycles. The lowest BCUT2D eigenvalue weighted by Gasteiger charge is -2.22. The molecule has 2 rings (SSSR count). The fourth-order valence-electron chi connectivity index (χ4n) is 2.64. The number of nitrogens with zero attached hydrogens (tertiary/aromatic N) is 1. The largest absolute Gasteiger partial charge is 0.370 e. The van der Waals surface area contributed by atoms with E-state index in [2.05, 4.69) is 15.6 Å². The van der Waals surface area contributed by atoms with Gasteiger partial charge >= 0.3 is 0 Å². The summed E-state index contributed by atoms with van der Waals surface area (Å²) in [5.74, 6) is 0.250. The summed E-state index contributed by atoms with van der Waals surface area (Å²) in [4.78, 5) is 16.1. The first-order valence-corrected chi connectivity index (χ1v) is 7.38. The smallest absolute Gasteiger partial charge is 0.255 e. The van der Waals surface area contributed by atoms with Crippen molar-refractivity contribution in [3.05, 3.63) is 23.6 Å². The maximum Gasteiger partial charge on any atom is 0.255 e. The number of aromatic nitrogens is 1. The topological polar surface area (TPSA) is 54.0 Å². The Morgan fingerprint density at radius 1 is 1.40 bits per heavy atom. The number of halogens is 1. The Morgan fingerprint density at radius 3 is 2.85 bits per heavy atom. The zero-order chi connectivity index (χ0) is 14.4. The predicted molar refractivity (Wildman–Crippen MR) is 77.3 cm³/mol. The molecule has 1 aromatic heterocycles. The van der Waals surface area contributed by atoms with Gasteiger partial charge in [0.25, 0.3) is 5.91 Å². The number of hydrogen-bond donors (Lipinski definition) is 2. The molecule has 1 aliphatic rings. The first-order valence-electron chi connectivity index (χ1n) is 7.38. The third-order valence-electron chi connectivity index (χ3n) is 3.72. The third-order valence-corrected chi connectivity index (χ3v) is 3.72. The summed E-state index contributed by atoms with van der Waals surface area (Å²) in [6.45, 7) is 3.22. The van der Waals surface area contributed by atoms with E-state index in [-0.39, 0.29) is 11.5 Å². The molecule has 0 aromatic carbocycles. The number of hydrogen-bond acceptors (Lipinski definition) is 3. The number of nitrogens with one attached hydrogen (secondary N) is 2. The van der Waals surface area contributed by atoms with Gasteiger partial charge in [-0.15, -0.1) is 0 Å². The first-order chi connectivity index (χ1) is 9.70. The molecule has 0 unspecified atom stereocenters. The predicted octanol–water partition coefficient (Wildman–Crippen LogP) is 2.96. The molecule has 110 valence electrons. The van der Waals surface area contributed by atoms with Crippen LogP contribution in [0, 0.1) is 11.7 Å². The quantitative estimate of drug-likeness (QED) is 0.871. The van der Waals surface area contributed by atoms with Crippen molar-refractivity contribution in [1.29, 1.82) is 0 Å². The first kappa shape index (κ1) is 14.8. The van der Waals surface area contributed by atoms with E-state index < -0.39 is 5.82 Å². The van der Waals surface area contributed by atoms with E-state index in [9.17, 15) is 9.18 Å². The van der Waals surface area contributed by atoms with Crippen LogP contribution in [-0.4, -0.2) is 24.0 Å². The fourth-order valence-corrected chi connectivity index (χ4v) is 2.64. The Kier molecular flexibility index (Phi) is 5.32. The molecule has 1 amide bonds. The third kappa shape index (κ3) is 3.92. The molecule has 0 bridgehead atoms. The Bertz CT molecular complexity index is 458. The number of pyridine rings is 1. The van der Waals surface area contributed by atoms with Crippen LogP contribution in [0.3, 0.4) is 0 Å². The molecular formula is C15H22FN3O. The molecule has 0 saturated heterocycles.